The SMILES string of the molecule is CCCNC1CC2CCCC(C1)N2C(C)C1CC1. The van der Waals surface area contributed by atoms with Crippen molar-refractivity contribution < 1.29 is 0 Å². The number of nitrogens with zero attached hydrogens (tertiary/aromatic N) is 1. The van der Waals surface area contributed by atoms with Gasteiger partial charge in [0.1, 0.15) is 0 Å². The molecule has 18 heavy (non-hydrogen) atoms. The van der Waals surface area contributed by atoms with Crippen LogP contribution >= 0.6 is 0 Å². The summed E-state index contributed by atoms with van der Waals surface area (Å²) in [6, 6.07) is 3.46. The zero-order valence-electron chi connectivity index (χ0n) is 12.2. The molecule has 0 radical (unpaired) electrons. The zero-order valence-corrected chi connectivity index (χ0v) is 12.2. The molecule has 0 amide bonds. The summed E-state index contributed by atoms with van der Waals surface area (Å²) < 4.78 is 0. The van der Waals surface area contributed by atoms with E-state index in [9.17, 15) is 0 Å². The molecule has 0 aromatic rings. The van der Waals surface area contributed by atoms with Gasteiger partial charge in [-0.15, -0.1) is 0 Å². The maximum Gasteiger partial charge on any atom is 0.0116 e. The Balaban J connectivity index is 1.63. The number of hydrogen-bond donors (Lipinski definition) is 1. The molecule has 2 bridgehead atoms. The van der Waals surface area contributed by atoms with Crippen LogP contribution in [-0.4, -0.2) is 35.6 Å². The third-order valence-electron chi connectivity index (χ3n) is 5.49. The van der Waals surface area contributed by atoms with Crippen LogP contribution in [0.5, 0.6) is 0 Å². The maximum atomic E-state index is 3.78. The Kier molecular flexibility index (Phi) is 3.95. The molecular weight excluding hydrogens is 220 g/mol. The van der Waals surface area contributed by atoms with Crippen molar-refractivity contribution in [3.05, 3.63) is 0 Å². The topological polar surface area (TPSA) is 15.3 Å². The molecule has 3 aliphatic rings. The fraction of sp³-hybridized carbons (Fsp3) is 1.00. The van der Waals surface area contributed by atoms with Gasteiger partial charge in [0.05, 0.1) is 0 Å². The Labute approximate surface area is 113 Å². The van der Waals surface area contributed by atoms with Gasteiger partial charge >= 0.3 is 0 Å². The Morgan fingerprint density at radius 3 is 2.33 bits per heavy atom. The molecule has 2 aliphatic heterocycles. The quantitative estimate of drug-likeness (QED) is 0.806. The highest BCUT2D eigenvalue weighted by Crippen LogP contribution is 2.42. The first-order chi connectivity index (χ1) is 8.79. The Morgan fingerprint density at radius 2 is 1.78 bits per heavy atom. The fourth-order valence-electron chi connectivity index (χ4n) is 4.42. The average Bonchev–Trinajstić information content (AvgIpc) is 3.18. The Bertz CT molecular complexity index is 260. The summed E-state index contributed by atoms with van der Waals surface area (Å²) in [7, 11) is 0. The molecule has 0 spiro atoms. The van der Waals surface area contributed by atoms with Gasteiger partial charge in [0.2, 0.25) is 0 Å². The van der Waals surface area contributed by atoms with Gasteiger partial charge in [0, 0.05) is 24.2 Å². The summed E-state index contributed by atoms with van der Waals surface area (Å²) in [6.45, 7) is 5.99. The first-order valence-electron chi connectivity index (χ1n) is 8.30. The fourth-order valence-corrected chi connectivity index (χ4v) is 4.42. The molecule has 0 aromatic heterocycles. The highest BCUT2D eigenvalue weighted by Gasteiger charge is 2.44. The van der Waals surface area contributed by atoms with Crippen LogP contribution in [0.4, 0.5) is 0 Å². The molecule has 104 valence electrons. The highest BCUT2D eigenvalue weighted by atomic mass is 15.2. The minimum Gasteiger partial charge on any atom is -0.314 e. The van der Waals surface area contributed by atoms with Crippen molar-refractivity contribution in [1.29, 1.82) is 0 Å². The summed E-state index contributed by atoms with van der Waals surface area (Å²) in [5.74, 6) is 1.04. The van der Waals surface area contributed by atoms with E-state index in [1.807, 2.05) is 0 Å². The largest absolute Gasteiger partial charge is 0.314 e. The van der Waals surface area contributed by atoms with Gasteiger partial charge < -0.3 is 5.32 Å². The molecule has 1 aliphatic carbocycles. The van der Waals surface area contributed by atoms with Crippen molar-refractivity contribution in [2.75, 3.05) is 6.54 Å². The molecule has 1 N–H and O–H groups in total. The van der Waals surface area contributed by atoms with E-state index in [1.54, 1.807) is 0 Å². The molecule has 0 aromatic carbocycles. The van der Waals surface area contributed by atoms with E-state index in [1.165, 1.54) is 57.9 Å². The minimum absolute atomic E-state index is 0.808. The predicted octanol–water partition coefficient (Wildman–Crippen LogP) is 3.17. The van der Waals surface area contributed by atoms with Crippen molar-refractivity contribution >= 4 is 0 Å². The lowest BCUT2D eigenvalue weighted by atomic mass is 9.80. The van der Waals surface area contributed by atoms with Gasteiger partial charge in [-0.1, -0.05) is 13.3 Å². The summed E-state index contributed by atoms with van der Waals surface area (Å²) >= 11 is 0. The van der Waals surface area contributed by atoms with E-state index >= 15 is 0 Å². The average molecular weight is 250 g/mol. The van der Waals surface area contributed by atoms with Gasteiger partial charge in [0.15, 0.2) is 0 Å². The third-order valence-corrected chi connectivity index (χ3v) is 5.49. The van der Waals surface area contributed by atoms with Gasteiger partial charge in [-0.25, -0.2) is 0 Å². The lowest BCUT2D eigenvalue weighted by molar-refractivity contribution is -0.0119. The summed E-state index contributed by atoms with van der Waals surface area (Å²) in [6.07, 6.45) is 11.5. The molecule has 2 heterocycles. The summed E-state index contributed by atoms with van der Waals surface area (Å²) in [5.41, 5.74) is 0. The molecule has 3 rings (SSSR count). The number of piperidine rings is 2. The van der Waals surface area contributed by atoms with E-state index in [0.717, 1.165) is 30.1 Å². The summed E-state index contributed by atoms with van der Waals surface area (Å²) in [4.78, 5) is 2.94. The second kappa shape index (κ2) is 5.50. The number of rotatable bonds is 5. The predicted molar refractivity (Wildman–Crippen MR) is 76.8 cm³/mol. The van der Waals surface area contributed by atoms with Crippen LogP contribution in [0.1, 0.15) is 65.2 Å². The highest BCUT2D eigenvalue weighted by molar-refractivity contribution is 4.99. The van der Waals surface area contributed by atoms with Crippen molar-refractivity contribution in [1.82, 2.24) is 10.2 Å². The van der Waals surface area contributed by atoms with Crippen molar-refractivity contribution in [3.63, 3.8) is 0 Å². The molecule has 1 saturated carbocycles. The third kappa shape index (κ3) is 2.60. The van der Waals surface area contributed by atoms with Crippen LogP contribution in [0.25, 0.3) is 0 Å². The lowest BCUT2D eigenvalue weighted by Crippen LogP contribution is -2.59. The number of nitrogens with one attached hydrogen (secondary N) is 1. The molecule has 3 fully saturated rings. The second-order valence-electron chi connectivity index (χ2n) is 6.89. The lowest BCUT2D eigenvalue weighted by Gasteiger charge is -2.52. The Morgan fingerprint density at radius 1 is 1.11 bits per heavy atom. The maximum absolute atomic E-state index is 3.78. The van der Waals surface area contributed by atoms with Crippen molar-refractivity contribution in [2.45, 2.75) is 89.4 Å². The molecule has 2 heteroatoms. The van der Waals surface area contributed by atoms with Crippen LogP contribution in [-0.2, 0) is 0 Å². The number of hydrogen-bond acceptors (Lipinski definition) is 2. The smallest absolute Gasteiger partial charge is 0.0116 e. The van der Waals surface area contributed by atoms with Crippen molar-refractivity contribution in [2.24, 2.45) is 5.92 Å². The molecule has 2 nitrogen and oxygen atoms in total. The minimum atomic E-state index is 0.808. The van der Waals surface area contributed by atoms with E-state index in [-0.39, 0.29) is 0 Å². The van der Waals surface area contributed by atoms with Gasteiger partial charge in [-0.05, 0) is 64.3 Å². The van der Waals surface area contributed by atoms with Gasteiger partial charge in [0.25, 0.3) is 0 Å². The molecular formula is C16H30N2. The van der Waals surface area contributed by atoms with E-state index in [4.69, 9.17) is 0 Å². The van der Waals surface area contributed by atoms with Crippen LogP contribution in [0.2, 0.25) is 0 Å². The monoisotopic (exact) mass is 250 g/mol. The standard InChI is InChI=1S/C16H30N2/c1-3-9-17-14-10-15-5-4-6-16(11-14)18(15)12(2)13-7-8-13/h12-17H,3-11H2,1-2H3. The van der Waals surface area contributed by atoms with E-state index in [0.29, 0.717) is 0 Å². The first-order valence-corrected chi connectivity index (χ1v) is 8.30. The van der Waals surface area contributed by atoms with Crippen LogP contribution in [0.3, 0.4) is 0 Å². The molecule has 3 unspecified atom stereocenters. The summed E-state index contributed by atoms with van der Waals surface area (Å²) in [5, 5.41) is 3.78. The number of fused-ring (bicyclic) bond motifs is 2. The molecule has 3 atom stereocenters. The second-order valence-corrected chi connectivity index (χ2v) is 6.89. The molecule has 2 saturated heterocycles. The van der Waals surface area contributed by atoms with Crippen molar-refractivity contribution in [3.8, 4) is 0 Å². The zero-order chi connectivity index (χ0) is 12.5. The van der Waals surface area contributed by atoms with Crippen LogP contribution in [0.15, 0.2) is 0 Å². The van der Waals surface area contributed by atoms with Crippen LogP contribution < -0.4 is 5.32 Å². The van der Waals surface area contributed by atoms with E-state index < -0.39 is 0 Å². The normalized spacial score (nSPS) is 38.7. The van der Waals surface area contributed by atoms with E-state index in [2.05, 4.69) is 24.1 Å². The van der Waals surface area contributed by atoms with Gasteiger partial charge in [-0.3, -0.25) is 4.90 Å². The Hall–Kier alpha value is -0.0800. The van der Waals surface area contributed by atoms with Gasteiger partial charge in [-0.2, -0.15) is 0 Å². The first kappa shape index (κ1) is 12.9. The van der Waals surface area contributed by atoms with Crippen LogP contribution in [0, 0.1) is 5.92 Å².